The number of nitrogens with zero attached hydrogens (tertiary/aromatic N) is 2. The molecule has 0 amide bonds. The number of anilines is 1. The Morgan fingerprint density at radius 2 is 1.69 bits per heavy atom. The molecule has 3 rings (SSSR count). The van der Waals surface area contributed by atoms with Crippen LogP contribution in [-0.4, -0.2) is 32.7 Å². The Labute approximate surface area is 158 Å². The third-order valence-electron chi connectivity index (χ3n) is 6.03. The fraction of sp³-hybridized carbons (Fsp3) is 0.455. The number of hydrogen-bond acceptors (Lipinski definition) is 3. The average molecular weight is 367 g/mol. The topological polar surface area (TPSA) is 32.7 Å². The molecule has 0 aromatic heterocycles. The molecule has 0 spiro atoms. The third kappa shape index (κ3) is 2.71. The van der Waals surface area contributed by atoms with Crippen molar-refractivity contribution in [3.8, 4) is 0 Å². The number of fused-ring (bicyclic) bond motifs is 2. The number of hydrogen-bond donors (Lipinski definition) is 0. The number of allylic oxidation sites excluding steroid dienone is 4. The fourth-order valence-electron chi connectivity index (χ4n) is 4.87. The summed E-state index contributed by atoms with van der Waals surface area (Å²) < 4.78 is 0. The van der Waals surface area contributed by atoms with Gasteiger partial charge in [0.25, 0.3) is 0 Å². The lowest BCUT2D eigenvalue weighted by Gasteiger charge is -2.45. The van der Waals surface area contributed by atoms with Crippen molar-refractivity contribution in [3.05, 3.63) is 41.6 Å². The predicted octanol–water partition coefficient (Wildman–Crippen LogP) is 4.70. The first kappa shape index (κ1) is 18.8. The zero-order valence-electron chi connectivity index (χ0n) is 16.8. The van der Waals surface area contributed by atoms with E-state index in [0.717, 1.165) is 24.5 Å². The Hall–Kier alpha value is -1.94. The van der Waals surface area contributed by atoms with Gasteiger partial charge in [0.15, 0.2) is 5.78 Å². The summed E-state index contributed by atoms with van der Waals surface area (Å²) in [5.41, 5.74) is 4.35. The van der Waals surface area contributed by atoms with Crippen LogP contribution in [-0.2, 0) is 4.79 Å². The van der Waals surface area contributed by atoms with Gasteiger partial charge < -0.3 is 4.90 Å². The zero-order valence-corrected chi connectivity index (χ0v) is 17.8. The molecular formula is C22H30N2OSi. The Bertz CT molecular complexity index is 805. The van der Waals surface area contributed by atoms with Crippen LogP contribution in [0.1, 0.15) is 41.5 Å². The first-order chi connectivity index (χ1) is 12.4. The number of aliphatic imine (C=N–C) groups is 1. The van der Waals surface area contributed by atoms with Gasteiger partial charge in [-0.1, -0.05) is 27.7 Å². The van der Waals surface area contributed by atoms with E-state index >= 15 is 0 Å². The SMILES string of the molecule is CCN(CC)c1ccc2c(c1)[Si](C(C)C)(C(C)C)C1=CC(=O)C=CC1=N2. The van der Waals surface area contributed by atoms with Gasteiger partial charge in [0.1, 0.15) is 8.07 Å². The molecule has 0 saturated carbocycles. The van der Waals surface area contributed by atoms with Crippen LogP contribution < -0.4 is 10.1 Å². The second kappa shape index (κ2) is 6.99. The van der Waals surface area contributed by atoms with Crippen LogP contribution in [0.3, 0.4) is 0 Å². The number of benzene rings is 1. The highest BCUT2D eigenvalue weighted by Crippen LogP contribution is 2.44. The van der Waals surface area contributed by atoms with Gasteiger partial charge in [0.05, 0.1) is 11.4 Å². The third-order valence-corrected chi connectivity index (χ3v) is 12.3. The predicted molar refractivity (Wildman–Crippen MR) is 115 cm³/mol. The summed E-state index contributed by atoms with van der Waals surface area (Å²) in [6.45, 7) is 15.7. The van der Waals surface area contributed by atoms with Crippen LogP contribution in [0.4, 0.5) is 11.4 Å². The van der Waals surface area contributed by atoms with Gasteiger partial charge in [0, 0.05) is 18.8 Å². The largest absolute Gasteiger partial charge is 0.372 e. The average Bonchev–Trinajstić information content (AvgIpc) is 2.60. The Balaban J connectivity index is 2.33. The van der Waals surface area contributed by atoms with Gasteiger partial charge in [-0.05, 0) is 71.7 Å². The van der Waals surface area contributed by atoms with Crippen molar-refractivity contribution in [2.24, 2.45) is 4.99 Å². The van der Waals surface area contributed by atoms with Crippen LogP contribution in [0.25, 0.3) is 0 Å². The van der Waals surface area contributed by atoms with Crippen molar-refractivity contribution in [3.63, 3.8) is 0 Å². The van der Waals surface area contributed by atoms with Crippen LogP contribution in [0, 0.1) is 0 Å². The molecule has 4 heteroatoms. The van der Waals surface area contributed by atoms with Crippen molar-refractivity contribution < 1.29 is 4.79 Å². The van der Waals surface area contributed by atoms with Crippen LogP contribution in [0.15, 0.2) is 46.6 Å². The molecular weight excluding hydrogens is 336 g/mol. The van der Waals surface area contributed by atoms with Gasteiger partial charge in [-0.3, -0.25) is 4.79 Å². The molecule has 1 aliphatic carbocycles. The standard InChI is InChI=1S/C22H30N2OSi/c1-7-24(8-2)17-9-11-19-21(13-17)26(15(3)4,16(5)6)22-14-18(25)10-12-20(22)23-19/h9-16H,7-8H2,1-6H3. The van der Waals surface area contributed by atoms with E-state index < -0.39 is 8.07 Å². The lowest BCUT2D eigenvalue weighted by Crippen LogP contribution is -2.59. The maximum Gasteiger partial charge on any atom is 0.178 e. The maximum absolute atomic E-state index is 12.2. The van der Waals surface area contributed by atoms with E-state index in [1.54, 1.807) is 6.08 Å². The summed E-state index contributed by atoms with van der Waals surface area (Å²) in [7, 11) is -2.13. The smallest absolute Gasteiger partial charge is 0.178 e. The minimum atomic E-state index is -2.13. The number of rotatable bonds is 5. The fourth-order valence-corrected chi connectivity index (χ4v) is 10.9. The number of carbonyl (C=O) groups excluding carboxylic acids is 1. The molecule has 1 aliphatic heterocycles. The lowest BCUT2D eigenvalue weighted by molar-refractivity contribution is -0.110. The van der Waals surface area contributed by atoms with Crippen molar-refractivity contribution in [1.82, 2.24) is 0 Å². The second-order valence-electron chi connectivity index (χ2n) is 7.84. The maximum atomic E-state index is 12.2. The summed E-state index contributed by atoms with van der Waals surface area (Å²) in [6.07, 6.45) is 5.45. The number of carbonyl (C=O) groups is 1. The molecule has 3 nitrogen and oxygen atoms in total. The van der Waals surface area contributed by atoms with E-state index in [9.17, 15) is 4.79 Å². The van der Waals surface area contributed by atoms with E-state index in [1.807, 2.05) is 12.2 Å². The van der Waals surface area contributed by atoms with Crippen molar-refractivity contribution >= 4 is 36.1 Å². The minimum absolute atomic E-state index is 0.0977. The van der Waals surface area contributed by atoms with Gasteiger partial charge in [0.2, 0.25) is 0 Å². The molecule has 0 bridgehead atoms. The monoisotopic (exact) mass is 366 g/mol. The second-order valence-corrected chi connectivity index (χ2v) is 13.0. The van der Waals surface area contributed by atoms with Crippen molar-refractivity contribution in [2.75, 3.05) is 18.0 Å². The highest BCUT2D eigenvalue weighted by Gasteiger charge is 2.50. The van der Waals surface area contributed by atoms with Crippen LogP contribution >= 0.6 is 0 Å². The molecule has 0 N–H and O–H groups in total. The first-order valence-corrected chi connectivity index (χ1v) is 11.9. The normalized spacial score (nSPS) is 17.8. The van der Waals surface area contributed by atoms with Gasteiger partial charge >= 0.3 is 0 Å². The summed E-state index contributed by atoms with van der Waals surface area (Å²) in [6, 6.07) is 6.75. The highest BCUT2D eigenvalue weighted by atomic mass is 28.3. The van der Waals surface area contributed by atoms with Gasteiger partial charge in [-0.2, -0.15) is 0 Å². The van der Waals surface area contributed by atoms with E-state index in [-0.39, 0.29) is 5.78 Å². The Kier molecular flexibility index (Phi) is 5.06. The Morgan fingerprint density at radius 1 is 1.04 bits per heavy atom. The molecule has 1 aromatic rings. The summed E-state index contributed by atoms with van der Waals surface area (Å²) in [4.78, 5) is 19.6. The molecule has 0 unspecified atom stereocenters. The van der Waals surface area contributed by atoms with E-state index in [4.69, 9.17) is 4.99 Å². The molecule has 1 heterocycles. The lowest BCUT2D eigenvalue weighted by atomic mass is 10.1. The number of ketones is 1. The zero-order chi connectivity index (χ0) is 19.1. The van der Waals surface area contributed by atoms with E-state index in [1.165, 1.54) is 16.1 Å². The summed E-state index contributed by atoms with van der Waals surface area (Å²) >= 11 is 0. The molecule has 0 radical (unpaired) electrons. The molecule has 138 valence electrons. The van der Waals surface area contributed by atoms with Gasteiger partial charge in [-0.15, -0.1) is 0 Å². The molecule has 0 fully saturated rings. The van der Waals surface area contributed by atoms with Crippen molar-refractivity contribution in [1.29, 1.82) is 0 Å². The van der Waals surface area contributed by atoms with Crippen molar-refractivity contribution in [2.45, 2.75) is 52.6 Å². The van der Waals surface area contributed by atoms with E-state index in [0.29, 0.717) is 11.1 Å². The van der Waals surface area contributed by atoms with E-state index in [2.05, 4.69) is 64.6 Å². The summed E-state index contributed by atoms with van der Waals surface area (Å²) in [5, 5.41) is 2.61. The molecule has 0 atom stereocenters. The highest BCUT2D eigenvalue weighted by molar-refractivity contribution is 7.04. The van der Waals surface area contributed by atoms with Gasteiger partial charge in [-0.25, -0.2) is 4.99 Å². The quantitative estimate of drug-likeness (QED) is 0.559. The molecule has 1 aromatic carbocycles. The Morgan fingerprint density at radius 3 is 2.27 bits per heavy atom. The molecule has 26 heavy (non-hydrogen) atoms. The molecule has 0 saturated heterocycles. The van der Waals surface area contributed by atoms with Crippen LogP contribution in [0.2, 0.25) is 11.1 Å². The molecule has 2 aliphatic rings. The van der Waals surface area contributed by atoms with Crippen LogP contribution in [0.5, 0.6) is 0 Å². The summed E-state index contributed by atoms with van der Waals surface area (Å²) in [5.74, 6) is 0.0977. The first-order valence-electron chi connectivity index (χ1n) is 9.78. The minimum Gasteiger partial charge on any atom is -0.372 e.